The average molecular weight is 456 g/mol. The smallest absolute Gasteiger partial charge is 0.291 e. The third-order valence-corrected chi connectivity index (χ3v) is 5.05. The van der Waals surface area contributed by atoms with E-state index < -0.39 is 5.91 Å². The number of carbonyl (C=O) groups excluding carboxylic acids is 1. The summed E-state index contributed by atoms with van der Waals surface area (Å²) in [6.07, 6.45) is 1.43. The zero-order chi connectivity index (χ0) is 23.9. The third kappa shape index (κ3) is 5.61. The average Bonchev–Trinajstić information content (AvgIpc) is 3.32. The van der Waals surface area contributed by atoms with Gasteiger partial charge in [-0.25, -0.2) is 4.39 Å². The number of aryl methyl sites for hydroxylation is 1. The molecular weight excluding hydrogens is 435 g/mol. The zero-order valence-electron chi connectivity index (χ0n) is 18.4. The molecule has 34 heavy (non-hydrogen) atoms. The van der Waals surface area contributed by atoms with Gasteiger partial charge in [0, 0.05) is 11.3 Å². The number of nitrogens with zero attached hydrogens (tertiary/aromatic N) is 1. The molecule has 0 aliphatic rings. The van der Waals surface area contributed by atoms with Crippen LogP contribution < -0.4 is 14.8 Å². The van der Waals surface area contributed by atoms with E-state index in [4.69, 9.17) is 19.2 Å². The Balaban J connectivity index is 1.38. The van der Waals surface area contributed by atoms with Crippen LogP contribution in [0, 0.1) is 24.1 Å². The number of halogens is 1. The minimum absolute atomic E-state index is 0.111. The Morgan fingerprint density at radius 3 is 2.59 bits per heavy atom. The van der Waals surface area contributed by atoms with Crippen molar-refractivity contribution < 1.29 is 23.1 Å². The highest BCUT2D eigenvalue weighted by atomic mass is 19.1. The predicted octanol–water partition coefficient (Wildman–Crippen LogP) is 6.01. The topological polar surface area (TPSA) is 84.5 Å². The molecule has 1 heterocycles. The highest BCUT2D eigenvalue weighted by molar-refractivity contribution is 6.03. The molecule has 0 bridgehead atoms. The Kier molecular flexibility index (Phi) is 6.89. The van der Waals surface area contributed by atoms with Gasteiger partial charge >= 0.3 is 0 Å². The Bertz CT molecular complexity index is 1360. The van der Waals surface area contributed by atoms with Crippen LogP contribution in [0.4, 0.5) is 10.1 Å². The number of furan rings is 1. The lowest BCUT2D eigenvalue weighted by Crippen LogP contribution is -2.14. The van der Waals surface area contributed by atoms with E-state index in [0.717, 1.165) is 11.1 Å². The first-order valence-corrected chi connectivity index (χ1v) is 10.5. The molecule has 1 aromatic heterocycles. The number of nitriles is 1. The molecule has 1 N–H and O–H groups in total. The molecule has 0 unspecified atom stereocenters. The van der Waals surface area contributed by atoms with E-state index in [0.29, 0.717) is 28.3 Å². The van der Waals surface area contributed by atoms with Gasteiger partial charge in [-0.2, -0.15) is 5.26 Å². The second-order valence-electron chi connectivity index (χ2n) is 7.55. The van der Waals surface area contributed by atoms with Crippen molar-refractivity contribution in [3.8, 4) is 17.6 Å². The number of amides is 1. The van der Waals surface area contributed by atoms with E-state index in [-0.39, 0.29) is 24.8 Å². The summed E-state index contributed by atoms with van der Waals surface area (Å²) in [6, 6.07) is 22.0. The van der Waals surface area contributed by atoms with Gasteiger partial charge in [0.1, 0.15) is 30.5 Å². The molecule has 0 fully saturated rings. The highest BCUT2D eigenvalue weighted by Crippen LogP contribution is 2.24. The van der Waals surface area contributed by atoms with Gasteiger partial charge in [-0.3, -0.25) is 4.79 Å². The normalized spacial score (nSPS) is 10.4. The molecule has 6 nitrogen and oxygen atoms in total. The standard InChI is InChI=1S/C27H21FN2O4/c1-18-12-24(33-16-20-5-2-6-22(28)13-20)8-9-25(18)30-27(31)26-21(10-11-32-26)17-34-23-7-3-4-19(14-23)15-29/h2-14H,16-17H2,1H3,(H,30,31). The maximum absolute atomic E-state index is 13.3. The van der Waals surface area contributed by atoms with Crippen molar-refractivity contribution in [2.45, 2.75) is 20.1 Å². The fourth-order valence-electron chi connectivity index (χ4n) is 3.30. The highest BCUT2D eigenvalue weighted by Gasteiger charge is 2.17. The van der Waals surface area contributed by atoms with Crippen LogP contribution in [0.15, 0.2) is 83.5 Å². The van der Waals surface area contributed by atoms with Gasteiger partial charge in [0.05, 0.1) is 17.9 Å². The molecule has 0 atom stereocenters. The number of carbonyl (C=O) groups is 1. The van der Waals surface area contributed by atoms with E-state index >= 15 is 0 Å². The number of benzene rings is 3. The summed E-state index contributed by atoms with van der Waals surface area (Å²) in [7, 11) is 0. The van der Waals surface area contributed by atoms with Crippen molar-refractivity contribution >= 4 is 11.6 Å². The molecule has 170 valence electrons. The van der Waals surface area contributed by atoms with Crippen molar-refractivity contribution in [3.05, 3.63) is 113 Å². The minimum atomic E-state index is -0.411. The second-order valence-corrected chi connectivity index (χ2v) is 7.55. The van der Waals surface area contributed by atoms with Gasteiger partial charge in [0.25, 0.3) is 5.91 Å². The summed E-state index contributed by atoms with van der Waals surface area (Å²) in [5.41, 5.74) is 3.19. The fourth-order valence-corrected chi connectivity index (χ4v) is 3.30. The van der Waals surface area contributed by atoms with E-state index in [9.17, 15) is 9.18 Å². The van der Waals surface area contributed by atoms with Gasteiger partial charge < -0.3 is 19.2 Å². The molecular formula is C27H21FN2O4. The third-order valence-electron chi connectivity index (χ3n) is 5.05. The Morgan fingerprint density at radius 1 is 1.00 bits per heavy atom. The molecule has 0 saturated heterocycles. The van der Waals surface area contributed by atoms with E-state index in [2.05, 4.69) is 11.4 Å². The molecule has 1 amide bonds. The van der Waals surface area contributed by atoms with Crippen molar-refractivity contribution in [2.24, 2.45) is 0 Å². The van der Waals surface area contributed by atoms with Gasteiger partial charge in [-0.05, 0) is 72.6 Å². The monoisotopic (exact) mass is 456 g/mol. The summed E-state index contributed by atoms with van der Waals surface area (Å²) in [5, 5.41) is 11.8. The largest absolute Gasteiger partial charge is 0.489 e. The van der Waals surface area contributed by atoms with Crippen LogP contribution in [0.2, 0.25) is 0 Å². The van der Waals surface area contributed by atoms with Crippen molar-refractivity contribution in [3.63, 3.8) is 0 Å². The first kappa shape index (κ1) is 22.6. The van der Waals surface area contributed by atoms with Gasteiger partial charge in [-0.1, -0.05) is 18.2 Å². The summed E-state index contributed by atoms with van der Waals surface area (Å²) in [5.74, 6) is 0.546. The van der Waals surface area contributed by atoms with Crippen LogP contribution in [0.5, 0.6) is 11.5 Å². The first-order valence-electron chi connectivity index (χ1n) is 10.5. The lowest BCUT2D eigenvalue weighted by Gasteiger charge is -2.12. The molecule has 0 aliphatic heterocycles. The lowest BCUT2D eigenvalue weighted by molar-refractivity contribution is 0.0993. The molecule has 4 rings (SSSR count). The Morgan fingerprint density at radius 2 is 1.79 bits per heavy atom. The molecule has 0 saturated carbocycles. The van der Waals surface area contributed by atoms with Crippen LogP contribution in [0.1, 0.15) is 32.8 Å². The second kappa shape index (κ2) is 10.4. The molecule has 7 heteroatoms. The minimum Gasteiger partial charge on any atom is -0.489 e. The molecule has 0 spiro atoms. The SMILES string of the molecule is Cc1cc(OCc2cccc(F)c2)ccc1NC(=O)c1occc1COc1cccc(C#N)c1. The van der Waals surface area contributed by atoms with Crippen molar-refractivity contribution in [1.29, 1.82) is 5.26 Å². The van der Waals surface area contributed by atoms with Crippen molar-refractivity contribution in [2.75, 3.05) is 5.32 Å². The van der Waals surface area contributed by atoms with Gasteiger partial charge in [0.2, 0.25) is 0 Å². The first-order chi connectivity index (χ1) is 16.5. The van der Waals surface area contributed by atoms with Crippen LogP contribution in [-0.2, 0) is 13.2 Å². The van der Waals surface area contributed by atoms with E-state index in [1.54, 1.807) is 60.7 Å². The summed E-state index contributed by atoms with van der Waals surface area (Å²) >= 11 is 0. The summed E-state index contributed by atoms with van der Waals surface area (Å²) < 4.78 is 30.2. The Labute approximate surface area is 196 Å². The number of nitrogens with one attached hydrogen (secondary N) is 1. The molecule has 0 aliphatic carbocycles. The molecule has 4 aromatic rings. The lowest BCUT2D eigenvalue weighted by atomic mass is 10.1. The number of ether oxygens (including phenoxy) is 2. The van der Waals surface area contributed by atoms with Crippen molar-refractivity contribution in [1.82, 2.24) is 0 Å². The molecule has 0 radical (unpaired) electrons. The molecule has 3 aromatic carbocycles. The fraction of sp³-hybridized carbons (Fsp3) is 0.111. The number of hydrogen-bond acceptors (Lipinski definition) is 5. The van der Waals surface area contributed by atoms with Gasteiger partial charge in [-0.15, -0.1) is 0 Å². The Hall–Kier alpha value is -4.57. The summed E-state index contributed by atoms with van der Waals surface area (Å²) in [6.45, 7) is 2.19. The number of anilines is 1. The van der Waals surface area contributed by atoms with Gasteiger partial charge in [0.15, 0.2) is 5.76 Å². The quantitative estimate of drug-likeness (QED) is 0.351. The summed E-state index contributed by atoms with van der Waals surface area (Å²) in [4.78, 5) is 12.8. The van der Waals surface area contributed by atoms with Crippen LogP contribution >= 0.6 is 0 Å². The van der Waals surface area contributed by atoms with Crippen LogP contribution in [-0.4, -0.2) is 5.91 Å². The van der Waals surface area contributed by atoms with Crippen LogP contribution in [0.25, 0.3) is 0 Å². The number of rotatable bonds is 8. The zero-order valence-corrected chi connectivity index (χ0v) is 18.4. The van der Waals surface area contributed by atoms with E-state index in [1.807, 2.05) is 6.92 Å². The number of hydrogen-bond donors (Lipinski definition) is 1. The maximum Gasteiger partial charge on any atom is 0.291 e. The predicted molar refractivity (Wildman–Crippen MR) is 124 cm³/mol. The maximum atomic E-state index is 13.3. The van der Waals surface area contributed by atoms with E-state index in [1.165, 1.54) is 18.4 Å². The van der Waals surface area contributed by atoms with Crippen LogP contribution in [0.3, 0.4) is 0 Å².